The Kier molecular flexibility index (Phi) is 5.10. The molecule has 0 aromatic heterocycles. The molecule has 0 bridgehead atoms. The van der Waals surface area contributed by atoms with E-state index < -0.39 is 0 Å². The Morgan fingerprint density at radius 1 is 0.852 bits per heavy atom. The van der Waals surface area contributed by atoms with E-state index in [-0.39, 0.29) is 18.4 Å². The fourth-order valence-electron chi connectivity index (χ4n) is 3.95. The number of hydrogen-bond acceptors (Lipinski definition) is 3. The summed E-state index contributed by atoms with van der Waals surface area (Å²) < 4.78 is 0. The standard InChI is InChI=1S/C22H25N3O2/c26-21-12-6-8-18-7-4-5-11-20(18)25(21)17-22(27)24-15-13-23(14-16-24)19-9-2-1-3-10-19/h1-5,7,9-11H,6,8,12-17H2. The van der Waals surface area contributed by atoms with E-state index in [4.69, 9.17) is 0 Å². The van der Waals surface area contributed by atoms with Crippen LogP contribution >= 0.6 is 0 Å². The molecule has 2 amide bonds. The molecule has 5 heteroatoms. The second-order valence-corrected chi connectivity index (χ2v) is 7.17. The molecule has 0 unspecified atom stereocenters. The number of fused-ring (bicyclic) bond motifs is 1. The third-order valence-electron chi connectivity index (χ3n) is 5.47. The van der Waals surface area contributed by atoms with Gasteiger partial charge in [0, 0.05) is 44.0 Å². The van der Waals surface area contributed by atoms with Gasteiger partial charge in [-0.15, -0.1) is 0 Å². The number of anilines is 2. The summed E-state index contributed by atoms with van der Waals surface area (Å²) in [5, 5.41) is 0. The van der Waals surface area contributed by atoms with E-state index in [2.05, 4.69) is 23.1 Å². The molecule has 2 aliphatic heterocycles. The lowest BCUT2D eigenvalue weighted by Crippen LogP contribution is -2.52. The van der Waals surface area contributed by atoms with Crippen molar-refractivity contribution in [2.24, 2.45) is 0 Å². The fraction of sp³-hybridized carbons (Fsp3) is 0.364. The highest BCUT2D eigenvalue weighted by Crippen LogP contribution is 2.27. The van der Waals surface area contributed by atoms with Gasteiger partial charge in [0.2, 0.25) is 11.8 Å². The number of rotatable bonds is 3. The van der Waals surface area contributed by atoms with Gasteiger partial charge in [0.05, 0.1) is 0 Å². The lowest BCUT2D eigenvalue weighted by atomic mass is 10.1. The van der Waals surface area contributed by atoms with Crippen LogP contribution in [0.25, 0.3) is 0 Å². The van der Waals surface area contributed by atoms with Gasteiger partial charge >= 0.3 is 0 Å². The van der Waals surface area contributed by atoms with Crippen molar-refractivity contribution in [1.29, 1.82) is 0 Å². The minimum Gasteiger partial charge on any atom is -0.368 e. The quantitative estimate of drug-likeness (QED) is 0.842. The van der Waals surface area contributed by atoms with Crippen molar-refractivity contribution in [1.82, 2.24) is 4.90 Å². The molecule has 0 spiro atoms. The Hall–Kier alpha value is -2.82. The Morgan fingerprint density at radius 3 is 2.33 bits per heavy atom. The molecule has 2 aliphatic rings. The van der Waals surface area contributed by atoms with Crippen molar-refractivity contribution in [3.63, 3.8) is 0 Å². The summed E-state index contributed by atoms with van der Waals surface area (Å²) in [6, 6.07) is 18.2. The van der Waals surface area contributed by atoms with Crippen molar-refractivity contribution < 1.29 is 9.59 Å². The van der Waals surface area contributed by atoms with Crippen LogP contribution in [0.5, 0.6) is 0 Å². The number of carbonyl (C=O) groups is 2. The van der Waals surface area contributed by atoms with Crippen molar-refractivity contribution in [3.8, 4) is 0 Å². The summed E-state index contributed by atoms with van der Waals surface area (Å²) in [6.07, 6.45) is 2.24. The van der Waals surface area contributed by atoms with Gasteiger partial charge < -0.3 is 14.7 Å². The summed E-state index contributed by atoms with van der Waals surface area (Å²) >= 11 is 0. The zero-order chi connectivity index (χ0) is 18.6. The predicted octanol–water partition coefficient (Wildman–Crippen LogP) is 2.70. The molecule has 2 aromatic rings. The van der Waals surface area contributed by atoms with Crippen LogP contribution in [-0.2, 0) is 16.0 Å². The first-order valence-electron chi connectivity index (χ1n) is 9.68. The summed E-state index contributed by atoms with van der Waals surface area (Å²) in [5.41, 5.74) is 3.25. The number of nitrogens with zero attached hydrogens (tertiary/aromatic N) is 3. The van der Waals surface area contributed by atoms with Gasteiger partial charge in [0.1, 0.15) is 6.54 Å². The van der Waals surface area contributed by atoms with E-state index in [0.29, 0.717) is 19.5 Å². The highest BCUT2D eigenvalue weighted by molar-refractivity contribution is 5.99. The minimum absolute atomic E-state index is 0.0350. The molecule has 140 valence electrons. The topological polar surface area (TPSA) is 43.9 Å². The molecule has 2 aromatic carbocycles. The Balaban J connectivity index is 1.42. The highest BCUT2D eigenvalue weighted by Gasteiger charge is 2.27. The third-order valence-corrected chi connectivity index (χ3v) is 5.47. The van der Waals surface area contributed by atoms with Crippen molar-refractivity contribution >= 4 is 23.2 Å². The number of carbonyl (C=O) groups excluding carboxylic acids is 2. The van der Waals surface area contributed by atoms with Gasteiger partial charge in [-0.25, -0.2) is 0 Å². The molecular weight excluding hydrogens is 338 g/mol. The molecule has 1 fully saturated rings. The third kappa shape index (κ3) is 3.82. The summed E-state index contributed by atoms with van der Waals surface area (Å²) in [5.74, 6) is 0.0870. The largest absolute Gasteiger partial charge is 0.368 e. The molecule has 4 rings (SSSR count). The molecule has 0 aliphatic carbocycles. The van der Waals surface area contributed by atoms with Crippen molar-refractivity contribution in [2.45, 2.75) is 19.3 Å². The van der Waals surface area contributed by atoms with Gasteiger partial charge in [-0.1, -0.05) is 36.4 Å². The first-order chi connectivity index (χ1) is 13.2. The average Bonchev–Trinajstić information content (AvgIpc) is 2.88. The maximum Gasteiger partial charge on any atom is 0.242 e. The predicted molar refractivity (Wildman–Crippen MR) is 107 cm³/mol. The van der Waals surface area contributed by atoms with Crippen LogP contribution in [0, 0.1) is 0 Å². The summed E-state index contributed by atoms with van der Waals surface area (Å²) in [4.78, 5) is 31.3. The van der Waals surface area contributed by atoms with Crippen LogP contribution in [0.2, 0.25) is 0 Å². The van der Waals surface area contributed by atoms with E-state index >= 15 is 0 Å². The zero-order valence-corrected chi connectivity index (χ0v) is 15.5. The number of piperazine rings is 1. The molecular formula is C22H25N3O2. The van der Waals surface area contributed by atoms with Crippen LogP contribution in [0.15, 0.2) is 54.6 Å². The number of amides is 2. The SMILES string of the molecule is O=C(CN1C(=O)CCCc2ccccc21)N1CCN(c2ccccc2)CC1. The second kappa shape index (κ2) is 7.82. The lowest BCUT2D eigenvalue weighted by Gasteiger charge is -2.37. The highest BCUT2D eigenvalue weighted by atomic mass is 16.2. The van der Waals surface area contributed by atoms with Crippen LogP contribution in [0.1, 0.15) is 18.4 Å². The van der Waals surface area contributed by atoms with Gasteiger partial charge in [-0.05, 0) is 36.6 Å². The van der Waals surface area contributed by atoms with E-state index in [0.717, 1.165) is 37.2 Å². The summed E-state index contributed by atoms with van der Waals surface area (Å²) in [6.45, 7) is 3.16. The Morgan fingerprint density at radius 2 is 1.56 bits per heavy atom. The smallest absolute Gasteiger partial charge is 0.242 e. The van der Waals surface area contributed by atoms with Gasteiger partial charge in [0.25, 0.3) is 0 Å². The van der Waals surface area contributed by atoms with Crippen molar-refractivity contribution in [2.75, 3.05) is 42.5 Å². The Labute approximate surface area is 160 Å². The number of para-hydroxylation sites is 2. The van der Waals surface area contributed by atoms with E-state index in [1.165, 1.54) is 5.69 Å². The number of hydrogen-bond donors (Lipinski definition) is 0. The second-order valence-electron chi connectivity index (χ2n) is 7.17. The lowest BCUT2D eigenvalue weighted by molar-refractivity contribution is -0.131. The van der Waals surface area contributed by atoms with Crippen LogP contribution in [-0.4, -0.2) is 49.4 Å². The van der Waals surface area contributed by atoms with Crippen LogP contribution < -0.4 is 9.80 Å². The molecule has 2 heterocycles. The molecule has 0 N–H and O–H groups in total. The van der Waals surface area contributed by atoms with Gasteiger partial charge in [-0.3, -0.25) is 9.59 Å². The van der Waals surface area contributed by atoms with Gasteiger partial charge in [-0.2, -0.15) is 0 Å². The molecule has 0 radical (unpaired) electrons. The minimum atomic E-state index is 0.0350. The maximum absolute atomic E-state index is 12.9. The van der Waals surface area contributed by atoms with Crippen molar-refractivity contribution in [3.05, 3.63) is 60.2 Å². The van der Waals surface area contributed by atoms with Crippen LogP contribution in [0.3, 0.4) is 0 Å². The Bertz CT molecular complexity index is 813. The molecule has 27 heavy (non-hydrogen) atoms. The molecule has 0 saturated carbocycles. The number of benzene rings is 2. The molecule has 5 nitrogen and oxygen atoms in total. The molecule has 0 atom stereocenters. The normalized spacial score (nSPS) is 17.5. The fourth-order valence-corrected chi connectivity index (χ4v) is 3.95. The van der Waals surface area contributed by atoms with E-state index in [1.807, 2.05) is 41.3 Å². The number of aryl methyl sites for hydroxylation is 1. The van der Waals surface area contributed by atoms with E-state index in [1.54, 1.807) is 4.90 Å². The summed E-state index contributed by atoms with van der Waals surface area (Å²) in [7, 11) is 0. The zero-order valence-electron chi connectivity index (χ0n) is 15.5. The van der Waals surface area contributed by atoms with Gasteiger partial charge in [0.15, 0.2) is 0 Å². The van der Waals surface area contributed by atoms with E-state index in [9.17, 15) is 9.59 Å². The molecule has 1 saturated heterocycles. The van der Waals surface area contributed by atoms with Crippen LogP contribution in [0.4, 0.5) is 11.4 Å². The maximum atomic E-state index is 12.9. The first kappa shape index (κ1) is 17.6. The first-order valence-corrected chi connectivity index (χ1v) is 9.68. The monoisotopic (exact) mass is 363 g/mol. The average molecular weight is 363 g/mol.